The van der Waals surface area contributed by atoms with Gasteiger partial charge in [0, 0.05) is 51.1 Å². The van der Waals surface area contributed by atoms with E-state index in [1.54, 1.807) is 11.3 Å². The minimum atomic E-state index is 0. The van der Waals surface area contributed by atoms with Crippen LogP contribution in [0.4, 0.5) is 5.13 Å². The first-order valence-electron chi connectivity index (χ1n) is 9.88. The van der Waals surface area contributed by atoms with Gasteiger partial charge in [0.1, 0.15) is 0 Å². The number of likely N-dealkylation sites (tertiary alicyclic amines) is 1. The van der Waals surface area contributed by atoms with Gasteiger partial charge in [-0.1, -0.05) is 13.8 Å². The van der Waals surface area contributed by atoms with Crippen molar-refractivity contribution in [2.75, 3.05) is 44.2 Å². The van der Waals surface area contributed by atoms with Crippen molar-refractivity contribution in [3.63, 3.8) is 0 Å². The molecule has 0 radical (unpaired) electrons. The fraction of sp³-hybridized carbons (Fsp3) is 0.789. The second-order valence-corrected chi connectivity index (χ2v) is 8.49. The Bertz CT molecular complexity index is 560. The maximum absolute atomic E-state index is 4.89. The number of hydrogen-bond acceptors (Lipinski definition) is 4. The molecule has 1 aromatic heterocycles. The van der Waals surface area contributed by atoms with E-state index in [0.29, 0.717) is 0 Å². The summed E-state index contributed by atoms with van der Waals surface area (Å²) in [7, 11) is 0. The van der Waals surface area contributed by atoms with Crippen LogP contribution in [0.25, 0.3) is 0 Å². The van der Waals surface area contributed by atoms with Crippen LogP contribution >= 0.6 is 35.3 Å². The number of thiazole rings is 1. The van der Waals surface area contributed by atoms with Gasteiger partial charge in [-0.2, -0.15) is 0 Å². The Labute approximate surface area is 179 Å². The van der Waals surface area contributed by atoms with E-state index in [4.69, 9.17) is 9.98 Å². The second-order valence-electron chi connectivity index (χ2n) is 7.65. The van der Waals surface area contributed by atoms with Gasteiger partial charge >= 0.3 is 0 Å². The van der Waals surface area contributed by atoms with Crippen LogP contribution in [0.15, 0.2) is 10.4 Å². The fourth-order valence-electron chi connectivity index (χ4n) is 4.00. The molecule has 3 rings (SSSR count). The van der Waals surface area contributed by atoms with Gasteiger partial charge in [0.05, 0.1) is 5.69 Å². The van der Waals surface area contributed by atoms with Crippen LogP contribution in [0.1, 0.15) is 45.7 Å². The number of hydrogen-bond donors (Lipinski definition) is 1. The molecule has 2 aliphatic heterocycles. The maximum atomic E-state index is 4.89. The molecule has 0 spiro atoms. The number of rotatable bonds is 5. The van der Waals surface area contributed by atoms with Gasteiger partial charge in [0.25, 0.3) is 0 Å². The molecule has 5 nitrogen and oxygen atoms in total. The molecule has 1 aromatic rings. The monoisotopic (exact) mass is 491 g/mol. The molecule has 2 atom stereocenters. The van der Waals surface area contributed by atoms with Gasteiger partial charge in [0.15, 0.2) is 11.1 Å². The zero-order valence-electron chi connectivity index (χ0n) is 16.4. The Morgan fingerprint density at radius 2 is 1.96 bits per heavy atom. The van der Waals surface area contributed by atoms with Crippen LogP contribution in [-0.2, 0) is 6.42 Å². The van der Waals surface area contributed by atoms with Crippen molar-refractivity contribution in [2.24, 2.45) is 16.8 Å². The van der Waals surface area contributed by atoms with Crippen molar-refractivity contribution < 1.29 is 0 Å². The number of nitrogens with zero attached hydrogens (tertiary/aromatic N) is 4. The molecule has 1 N–H and O–H groups in total. The van der Waals surface area contributed by atoms with Gasteiger partial charge in [-0.15, -0.1) is 35.3 Å². The predicted molar refractivity (Wildman–Crippen MR) is 123 cm³/mol. The van der Waals surface area contributed by atoms with E-state index in [1.165, 1.54) is 43.2 Å². The highest BCUT2D eigenvalue weighted by Gasteiger charge is 2.24. The van der Waals surface area contributed by atoms with Crippen LogP contribution in [0.3, 0.4) is 0 Å². The first kappa shape index (κ1) is 21.7. The average molecular weight is 491 g/mol. The van der Waals surface area contributed by atoms with Crippen molar-refractivity contribution >= 4 is 46.4 Å². The molecule has 0 aromatic carbocycles. The van der Waals surface area contributed by atoms with Gasteiger partial charge in [0.2, 0.25) is 0 Å². The number of nitrogens with one attached hydrogen (secondary N) is 1. The summed E-state index contributed by atoms with van der Waals surface area (Å²) in [6.45, 7) is 13.1. The highest BCUT2D eigenvalue weighted by Crippen LogP contribution is 2.24. The normalized spacial score (nSPS) is 23.9. The second kappa shape index (κ2) is 10.7. The number of piperidine rings is 1. The Balaban J connectivity index is 0.00000243. The van der Waals surface area contributed by atoms with Crippen molar-refractivity contribution in [3.8, 4) is 0 Å². The third-order valence-corrected chi connectivity index (χ3v) is 6.00. The molecule has 0 saturated carbocycles. The lowest BCUT2D eigenvalue weighted by Gasteiger charge is -2.37. The maximum Gasteiger partial charge on any atom is 0.193 e. The largest absolute Gasteiger partial charge is 0.357 e. The molecule has 26 heavy (non-hydrogen) atoms. The van der Waals surface area contributed by atoms with E-state index in [1.807, 2.05) is 0 Å². The van der Waals surface area contributed by atoms with E-state index in [2.05, 4.69) is 41.3 Å². The third-order valence-electron chi connectivity index (χ3n) is 5.05. The number of guanidine groups is 1. The number of aromatic nitrogens is 1. The topological polar surface area (TPSA) is 43.8 Å². The van der Waals surface area contributed by atoms with Crippen molar-refractivity contribution in [1.29, 1.82) is 0 Å². The smallest absolute Gasteiger partial charge is 0.193 e. The Hall–Kier alpha value is -0.570. The molecule has 0 bridgehead atoms. The Morgan fingerprint density at radius 3 is 2.62 bits per heavy atom. The van der Waals surface area contributed by atoms with Gasteiger partial charge in [-0.05, 0) is 38.0 Å². The lowest BCUT2D eigenvalue weighted by molar-refractivity contribution is 0.208. The molecular weight excluding hydrogens is 457 g/mol. The number of halogens is 1. The van der Waals surface area contributed by atoms with E-state index in [-0.39, 0.29) is 24.0 Å². The lowest BCUT2D eigenvalue weighted by Crippen LogP contribution is -2.48. The third kappa shape index (κ3) is 5.97. The van der Waals surface area contributed by atoms with E-state index >= 15 is 0 Å². The van der Waals surface area contributed by atoms with Gasteiger partial charge < -0.3 is 15.1 Å². The Morgan fingerprint density at radius 1 is 1.27 bits per heavy atom. The molecular formula is C19H34IN5S. The number of aliphatic imine (C=N–C) groups is 1. The zero-order chi connectivity index (χ0) is 17.6. The quantitative estimate of drug-likeness (QED) is 0.386. The van der Waals surface area contributed by atoms with Crippen LogP contribution < -0.4 is 10.2 Å². The van der Waals surface area contributed by atoms with Gasteiger partial charge in [-0.25, -0.2) is 4.98 Å². The van der Waals surface area contributed by atoms with E-state index < -0.39 is 0 Å². The summed E-state index contributed by atoms with van der Waals surface area (Å²) in [6.07, 6.45) is 4.86. The first-order chi connectivity index (χ1) is 12.2. The standard InChI is InChI=1S/C19H33N5S.HI/c1-4-20-18(24-12-15(2)11-16(3)13-24)21-8-7-17-14-25-19(22-17)23-9-5-6-10-23;/h14-16H,4-13H2,1-3H3,(H,20,21);1H. The highest BCUT2D eigenvalue weighted by molar-refractivity contribution is 14.0. The van der Waals surface area contributed by atoms with E-state index in [9.17, 15) is 0 Å². The fourth-order valence-corrected chi connectivity index (χ4v) is 4.92. The molecule has 0 amide bonds. The van der Waals surface area contributed by atoms with E-state index in [0.717, 1.165) is 50.4 Å². The van der Waals surface area contributed by atoms with Crippen LogP contribution in [-0.4, -0.2) is 55.1 Å². The molecule has 7 heteroatoms. The SMILES string of the molecule is CCNC(=NCCc1csc(N2CCCC2)n1)N1CC(C)CC(C)C1.I. The summed E-state index contributed by atoms with van der Waals surface area (Å²) in [6, 6.07) is 0. The summed E-state index contributed by atoms with van der Waals surface area (Å²) >= 11 is 1.78. The molecule has 2 unspecified atom stereocenters. The highest BCUT2D eigenvalue weighted by atomic mass is 127. The van der Waals surface area contributed by atoms with Crippen molar-refractivity contribution in [2.45, 2.75) is 46.5 Å². The summed E-state index contributed by atoms with van der Waals surface area (Å²) in [5, 5.41) is 6.89. The summed E-state index contributed by atoms with van der Waals surface area (Å²) in [5.41, 5.74) is 1.19. The van der Waals surface area contributed by atoms with Gasteiger partial charge in [-0.3, -0.25) is 4.99 Å². The Kier molecular flexibility index (Phi) is 8.93. The zero-order valence-corrected chi connectivity index (χ0v) is 19.6. The lowest BCUT2D eigenvalue weighted by atomic mass is 9.92. The summed E-state index contributed by atoms with van der Waals surface area (Å²) in [5.74, 6) is 2.57. The minimum absolute atomic E-state index is 0. The molecule has 2 saturated heterocycles. The van der Waals surface area contributed by atoms with Crippen molar-refractivity contribution in [3.05, 3.63) is 11.1 Å². The average Bonchev–Trinajstić information content (AvgIpc) is 3.24. The molecule has 2 aliphatic rings. The summed E-state index contributed by atoms with van der Waals surface area (Å²) < 4.78 is 0. The van der Waals surface area contributed by atoms with Crippen molar-refractivity contribution in [1.82, 2.24) is 15.2 Å². The molecule has 148 valence electrons. The molecule has 3 heterocycles. The molecule has 0 aliphatic carbocycles. The summed E-state index contributed by atoms with van der Waals surface area (Å²) in [4.78, 5) is 14.6. The minimum Gasteiger partial charge on any atom is -0.357 e. The molecule has 2 fully saturated rings. The number of anilines is 1. The van der Waals surface area contributed by atoms with Crippen LogP contribution in [0, 0.1) is 11.8 Å². The van der Waals surface area contributed by atoms with Crippen LogP contribution in [0.5, 0.6) is 0 Å². The first-order valence-corrected chi connectivity index (χ1v) is 10.8. The predicted octanol–water partition coefficient (Wildman–Crippen LogP) is 3.85. The van der Waals surface area contributed by atoms with Crippen LogP contribution in [0.2, 0.25) is 0 Å².